The van der Waals surface area contributed by atoms with Gasteiger partial charge in [-0.2, -0.15) is 4.79 Å². The van der Waals surface area contributed by atoms with Gasteiger partial charge in [0.1, 0.15) is 0 Å². The summed E-state index contributed by atoms with van der Waals surface area (Å²) in [4.78, 5) is 49.7. The Kier molecular flexibility index (Phi) is 6.93. The van der Waals surface area contributed by atoms with Crippen molar-refractivity contribution < 1.29 is 37.6 Å². The Morgan fingerprint density at radius 2 is 1.94 bits per heavy atom. The number of nitrogens with one attached hydrogen (secondary N) is 2. The summed E-state index contributed by atoms with van der Waals surface area (Å²) in [6.45, 7) is 2.77. The number of carboxylic acids is 1. The molecular weight excluding hydrogens is 446 g/mol. The van der Waals surface area contributed by atoms with E-state index in [1.165, 1.54) is 38.1 Å². The van der Waals surface area contributed by atoms with Crippen molar-refractivity contribution in [1.82, 2.24) is 10.0 Å². The zero-order chi connectivity index (χ0) is 24.4. The van der Waals surface area contributed by atoms with E-state index in [1.54, 1.807) is 0 Å². The van der Waals surface area contributed by atoms with Gasteiger partial charge in [-0.05, 0) is 25.8 Å². The van der Waals surface area contributed by atoms with Crippen molar-refractivity contribution in [2.75, 3.05) is 6.26 Å². The first kappa shape index (κ1) is 24.8. The number of nitro groups is 1. The summed E-state index contributed by atoms with van der Waals surface area (Å²) in [6.07, 6.45) is 0.709. The monoisotopic (exact) mass is 467 g/mol. The van der Waals surface area contributed by atoms with Gasteiger partial charge in [0.15, 0.2) is 0 Å². The zero-order valence-corrected chi connectivity index (χ0v) is 18.1. The van der Waals surface area contributed by atoms with Crippen molar-refractivity contribution >= 4 is 39.1 Å². The molecule has 0 spiro atoms. The normalized spacial score (nSPS) is 20.7. The van der Waals surface area contributed by atoms with Gasteiger partial charge < -0.3 is 16.0 Å². The number of carbonyl (C=O) groups excluding carboxylic acids is 2. The van der Waals surface area contributed by atoms with E-state index in [-0.39, 0.29) is 12.1 Å². The molecule has 14 heteroatoms. The van der Waals surface area contributed by atoms with Crippen LogP contribution in [0.4, 0.5) is 5.69 Å². The van der Waals surface area contributed by atoms with Gasteiger partial charge >= 0.3 is 11.7 Å². The van der Waals surface area contributed by atoms with Gasteiger partial charge in [-0.1, -0.05) is 12.1 Å². The third-order valence-electron chi connectivity index (χ3n) is 5.34. The van der Waals surface area contributed by atoms with Crippen molar-refractivity contribution in [3.05, 3.63) is 45.5 Å². The Labute approximate surface area is 182 Å². The molecule has 3 N–H and O–H groups in total. The lowest BCUT2D eigenvalue weighted by Gasteiger charge is -2.48. The number of β-lactam (4-membered cyclic amide) rings is 1. The maximum Gasteiger partial charge on any atom is 0.441 e. The minimum Gasteiger partial charge on any atom is -0.472 e. The van der Waals surface area contributed by atoms with E-state index >= 15 is 0 Å². The van der Waals surface area contributed by atoms with E-state index in [2.05, 4.69) is 14.8 Å². The molecular formula is C18H21N5O8S. The molecule has 1 aliphatic heterocycles. The summed E-state index contributed by atoms with van der Waals surface area (Å²) >= 11 is 0. The van der Waals surface area contributed by atoms with E-state index in [0.717, 1.165) is 6.26 Å². The van der Waals surface area contributed by atoms with Crippen LogP contribution in [-0.2, 0) is 30.8 Å². The molecule has 1 aromatic rings. The molecule has 0 aromatic heterocycles. The number of amides is 1. The number of aliphatic carboxylic acids is 1. The van der Waals surface area contributed by atoms with Gasteiger partial charge in [0.05, 0.1) is 28.6 Å². The van der Waals surface area contributed by atoms with Crippen molar-refractivity contribution in [3.63, 3.8) is 0 Å². The average molecular weight is 467 g/mol. The molecule has 0 radical (unpaired) electrons. The van der Waals surface area contributed by atoms with Gasteiger partial charge in [-0.25, -0.2) is 17.9 Å². The second-order valence-electron chi connectivity index (χ2n) is 7.79. The molecule has 4 atom stereocenters. The van der Waals surface area contributed by atoms with Crippen LogP contribution >= 0.6 is 0 Å². The number of ketones is 1. The average Bonchev–Trinajstić information content (AvgIpc) is 2.64. The summed E-state index contributed by atoms with van der Waals surface area (Å²) in [5, 5.41) is 22.7. The Morgan fingerprint density at radius 3 is 2.34 bits per heavy atom. The lowest BCUT2D eigenvalue weighted by Crippen LogP contribution is -2.72. The van der Waals surface area contributed by atoms with Gasteiger partial charge in [0.25, 0.3) is 11.5 Å². The molecule has 32 heavy (non-hydrogen) atoms. The Balaban J connectivity index is 2.51. The first-order valence-corrected chi connectivity index (χ1v) is 11.1. The minimum atomic E-state index is -3.70. The van der Waals surface area contributed by atoms with Crippen LogP contribution < -0.4 is 10.0 Å². The first-order chi connectivity index (χ1) is 14.7. The van der Waals surface area contributed by atoms with Crippen LogP contribution in [-0.4, -0.2) is 64.9 Å². The third-order valence-corrected chi connectivity index (χ3v) is 6.14. The largest absolute Gasteiger partial charge is 0.472 e. The maximum atomic E-state index is 13.1. The second-order valence-corrected chi connectivity index (χ2v) is 9.57. The quantitative estimate of drug-likeness (QED) is 0.0776. The highest BCUT2D eigenvalue weighted by atomic mass is 32.2. The number of rotatable bonds is 10. The summed E-state index contributed by atoms with van der Waals surface area (Å²) < 4.78 is 25.5. The van der Waals surface area contributed by atoms with Crippen LogP contribution in [0.2, 0.25) is 0 Å². The van der Waals surface area contributed by atoms with Crippen LogP contribution in [0.25, 0.3) is 5.53 Å². The smallest absolute Gasteiger partial charge is 0.441 e. The van der Waals surface area contributed by atoms with Crippen molar-refractivity contribution in [3.8, 4) is 0 Å². The molecule has 2 rings (SSSR count). The summed E-state index contributed by atoms with van der Waals surface area (Å²) in [5.74, 6) is -4.49. The summed E-state index contributed by atoms with van der Waals surface area (Å²) in [7, 11) is -3.70. The molecule has 172 valence electrons. The Hall–Kier alpha value is -3.48. The van der Waals surface area contributed by atoms with Crippen LogP contribution in [0.5, 0.6) is 0 Å². The highest BCUT2D eigenvalue weighted by molar-refractivity contribution is 7.88. The van der Waals surface area contributed by atoms with Crippen LogP contribution in [0.3, 0.4) is 0 Å². The molecule has 1 aliphatic rings. The van der Waals surface area contributed by atoms with E-state index in [1.807, 2.05) is 0 Å². The van der Waals surface area contributed by atoms with Crippen LogP contribution in [0.1, 0.15) is 19.4 Å². The molecule has 0 aliphatic carbocycles. The fraction of sp³-hybridized carbons (Fsp3) is 0.444. The van der Waals surface area contributed by atoms with Crippen LogP contribution in [0, 0.1) is 21.4 Å². The number of non-ortho nitro benzene ring substituents is 1. The number of hydrogen-bond acceptors (Lipinski definition) is 7. The maximum absolute atomic E-state index is 13.1. The number of benzene rings is 1. The van der Waals surface area contributed by atoms with Gasteiger partial charge in [0, 0.05) is 18.2 Å². The van der Waals surface area contributed by atoms with E-state index in [4.69, 9.17) is 5.53 Å². The number of hydrogen-bond donors (Lipinski definition) is 3. The van der Waals surface area contributed by atoms with Gasteiger partial charge in [0.2, 0.25) is 15.9 Å². The van der Waals surface area contributed by atoms with Crippen molar-refractivity contribution in [2.45, 2.75) is 32.4 Å². The highest BCUT2D eigenvalue weighted by Gasteiger charge is 2.59. The standard InChI is InChI=1S/C18H21N5O8S/c1-9(22-32(3,30)31)12-14(20-16(12)25)18(2,15(24)13(21-19)17(26)27)8-10-4-6-11(7-5-10)23(28)29/h4-7,9,12,14,22H,8H2,1-3H3,(H,20,25)(H,26,27)/t9-,12-,14-,18-/m1/s1. The Bertz CT molecular complexity index is 1130. The SMILES string of the molecule is C[C@@H](NS(C)(=O)=O)[C@H]1C(=O)N[C@H]1[C@@](C)(Cc1ccc([N+](=O)[O-])cc1)C(=O)C(=[N+]=[N-])C(=O)O. The molecule has 1 saturated heterocycles. The number of sulfonamides is 1. The van der Waals surface area contributed by atoms with Gasteiger partial charge in [-0.15, -0.1) is 0 Å². The van der Waals surface area contributed by atoms with Gasteiger partial charge in [-0.3, -0.25) is 19.7 Å². The van der Waals surface area contributed by atoms with E-state index in [9.17, 15) is 38.0 Å². The molecule has 13 nitrogen and oxygen atoms in total. The molecule has 1 aromatic carbocycles. The number of nitro benzene ring substituents is 1. The highest BCUT2D eigenvalue weighted by Crippen LogP contribution is 2.39. The predicted molar refractivity (Wildman–Crippen MR) is 109 cm³/mol. The summed E-state index contributed by atoms with van der Waals surface area (Å²) in [5.41, 5.74) is 6.42. The first-order valence-electron chi connectivity index (χ1n) is 9.22. The fourth-order valence-electron chi connectivity index (χ4n) is 3.82. The molecule has 0 bridgehead atoms. The van der Waals surface area contributed by atoms with E-state index < -0.39 is 61.7 Å². The molecule has 1 heterocycles. The predicted octanol–water partition coefficient (Wildman–Crippen LogP) is -0.480. The van der Waals surface area contributed by atoms with Crippen molar-refractivity contribution in [1.29, 1.82) is 0 Å². The zero-order valence-electron chi connectivity index (χ0n) is 17.3. The molecule has 1 fully saturated rings. The van der Waals surface area contributed by atoms with E-state index in [0.29, 0.717) is 5.56 Å². The Morgan fingerprint density at radius 1 is 1.38 bits per heavy atom. The molecule has 0 unspecified atom stereocenters. The minimum absolute atomic E-state index is 0.191. The third kappa shape index (κ3) is 5.04. The number of Topliss-reactive ketones (excluding diaryl/α,β-unsaturated/α-hetero) is 1. The number of carboxylic acid groups (broad SMARTS) is 1. The number of nitrogens with zero attached hydrogens (tertiary/aromatic N) is 3. The topological polar surface area (TPSA) is 209 Å². The molecule has 1 amide bonds. The van der Waals surface area contributed by atoms with Crippen LogP contribution in [0.15, 0.2) is 24.3 Å². The summed E-state index contributed by atoms with van der Waals surface area (Å²) in [6, 6.07) is 3.17. The lowest BCUT2D eigenvalue weighted by atomic mass is 9.63. The fourth-order valence-corrected chi connectivity index (χ4v) is 4.65. The lowest BCUT2D eigenvalue weighted by molar-refractivity contribution is -0.384. The van der Waals surface area contributed by atoms with Crippen molar-refractivity contribution in [2.24, 2.45) is 11.3 Å². The second kappa shape index (κ2) is 8.94. The number of carbonyl (C=O) groups is 3. The molecule has 0 saturated carbocycles.